The number of nitrogens with zero attached hydrogens (tertiary/aromatic N) is 1. The van der Waals surface area contributed by atoms with Gasteiger partial charge in [-0.05, 0) is 48.1 Å². The highest BCUT2D eigenvalue weighted by Gasteiger charge is 2.41. The van der Waals surface area contributed by atoms with E-state index in [0.29, 0.717) is 6.42 Å². The third kappa shape index (κ3) is 2.84. The third-order valence-electron chi connectivity index (χ3n) is 4.86. The molecule has 5 heteroatoms. The van der Waals surface area contributed by atoms with Crippen LogP contribution in [-0.4, -0.2) is 28.4 Å². The Labute approximate surface area is 128 Å². The molecule has 3 atom stereocenters. The van der Waals surface area contributed by atoms with Crippen molar-refractivity contribution < 1.29 is 14.7 Å². The largest absolute Gasteiger partial charge is 0.481 e. The molecular weight excluding hydrogens is 286 g/mol. The zero-order chi connectivity index (χ0) is 14.8. The molecule has 21 heavy (non-hydrogen) atoms. The van der Waals surface area contributed by atoms with Crippen molar-refractivity contribution in [1.29, 1.82) is 0 Å². The molecule has 1 aliphatic heterocycles. The van der Waals surface area contributed by atoms with Crippen LogP contribution in [0.25, 0.3) is 0 Å². The maximum absolute atomic E-state index is 12.9. The van der Waals surface area contributed by atoms with Gasteiger partial charge in [-0.25, -0.2) is 0 Å². The lowest BCUT2D eigenvalue weighted by Crippen LogP contribution is -2.42. The predicted molar refractivity (Wildman–Crippen MR) is 81.1 cm³/mol. The predicted octanol–water partition coefficient (Wildman–Crippen LogP) is 3.30. The van der Waals surface area contributed by atoms with Crippen molar-refractivity contribution in [1.82, 2.24) is 4.90 Å². The fourth-order valence-electron chi connectivity index (χ4n) is 3.78. The van der Waals surface area contributed by atoms with Gasteiger partial charge >= 0.3 is 5.97 Å². The topological polar surface area (TPSA) is 57.6 Å². The smallest absolute Gasteiger partial charge is 0.307 e. The molecule has 1 amide bonds. The molecule has 3 unspecified atom stereocenters. The van der Waals surface area contributed by atoms with Gasteiger partial charge in [-0.2, -0.15) is 11.3 Å². The molecule has 1 saturated carbocycles. The van der Waals surface area contributed by atoms with Crippen molar-refractivity contribution in [2.45, 2.75) is 44.6 Å². The molecule has 1 aromatic rings. The second kappa shape index (κ2) is 6.18. The number of carboxylic acids is 1. The average molecular weight is 307 g/mol. The normalized spacial score (nSPS) is 29.5. The Morgan fingerprint density at radius 3 is 2.57 bits per heavy atom. The summed E-state index contributed by atoms with van der Waals surface area (Å²) in [4.78, 5) is 26.3. The van der Waals surface area contributed by atoms with Gasteiger partial charge < -0.3 is 10.0 Å². The number of hydrogen-bond acceptors (Lipinski definition) is 3. The van der Waals surface area contributed by atoms with Crippen LogP contribution in [0.2, 0.25) is 0 Å². The number of thiophene rings is 1. The molecule has 0 radical (unpaired) electrons. The van der Waals surface area contributed by atoms with Crippen molar-refractivity contribution in [2.24, 2.45) is 11.8 Å². The van der Waals surface area contributed by atoms with Crippen LogP contribution < -0.4 is 0 Å². The first-order valence-electron chi connectivity index (χ1n) is 7.74. The first kappa shape index (κ1) is 14.6. The summed E-state index contributed by atoms with van der Waals surface area (Å²) >= 11 is 1.65. The summed E-state index contributed by atoms with van der Waals surface area (Å²) in [5.41, 5.74) is 1.20. The summed E-state index contributed by atoms with van der Waals surface area (Å²) in [5.74, 6) is -1.56. The Kier molecular flexibility index (Phi) is 4.29. The number of hydrogen-bond donors (Lipinski definition) is 1. The van der Waals surface area contributed by atoms with Crippen LogP contribution in [0, 0.1) is 11.8 Å². The minimum Gasteiger partial charge on any atom is -0.481 e. The minimum atomic E-state index is -0.806. The average Bonchev–Trinajstić information content (AvgIpc) is 3.16. The number of carbonyl (C=O) groups is 2. The molecule has 4 nitrogen and oxygen atoms in total. The Morgan fingerprint density at radius 2 is 1.90 bits per heavy atom. The van der Waals surface area contributed by atoms with Crippen LogP contribution >= 0.6 is 11.3 Å². The van der Waals surface area contributed by atoms with Crippen LogP contribution in [0.15, 0.2) is 16.8 Å². The molecule has 1 aromatic heterocycles. The summed E-state index contributed by atoms with van der Waals surface area (Å²) in [6.07, 6.45) is 5.26. The van der Waals surface area contributed by atoms with Crippen molar-refractivity contribution in [2.75, 3.05) is 6.54 Å². The van der Waals surface area contributed by atoms with Crippen molar-refractivity contribution in [3.05, 3.63) is 22.4 Å². The summed E-state index contributed by atoms with van der Waals surface area (Å²) < 4.78 is 0. The molecule has 2 aliphatic rings. The maximum Gasteiger partial charge on any atom is 0.307 e. The first-order valence-corrected chi connectivity index (χ1v) is 8.68. The minimum absolute atomic E-state index is 0.0656. The van der Waals surface area contributed by atoms with E-state index >= 15 is 0 Å². The molecule has 0 spiro atoms. The van der Waals surface area contributed by atoms with Gasteiger partial charge in [0.05, 0.1) is 17.9 Å². The molecule has 1 N–H and O–H groups in total. The molecule has 2 fully saturated rings. The first-order chi connectivity index (χ1) is 10.2. The Morgan fingerprint density at radius 1 is 1.14 bits per heavy atom. The van der Waals surface area contributed by atoms with E-state index < -0.39 is 11.9 Å². The molecule has 3 rings (SSSR count). The summed E-state index contributed by atoms with van der Waals surface area (Å²) in [5, 5.41) is 13.5. The highest BCUT2D eigenvalue weighted by molar-refractivity contribution is 7.07. The second-order valence-electron chi connectivity index (χ2n) is 6.08. The molecule has 1 saturated heterocycles. The zero-order valence-corrected chi connectivity index (χ0v) is 12.8. The lowest BCUT2D eigenvalue weighted by atomic mass is 9.78. The van der Waals surface area contributed by atoms with E-state index in [0.717, 1.165) is 38.6 Å². The van der Waals surface area contributed by atoms with Crippen LogP contribution in [-0.2, 0) is 9.59 Å². The standard InChI is InChI=1S/C16H21NO3S/c18-15(12-4-1-2-5-13(12)16(19)20)17-8-3-6-14(17)11-7-9-21-10-11/h7,9-10,12-14H,1-6,8H2,(H,19,20). The quantitative estimate of drug-likeness (QED) is 0.932. The van der Waals surface area contributed by atoms with E-state index in [-0.39, 0.29) is 17.9 Å². The number of amides is 1. The fourth-order valence-corrected chi connectivity index (χ4v) is 4.48. The van der Waals surface area contributed by atoms with Crippen molar-refractivity contribution in [3.63, 3.8) is 0 Å². The molecule has 2 heterocycles. The molecule has 0 bridgehead atoms. The highest BCUT2D eigenvalue weighted by atomic mass is 32.1. The lowest BCUT2D eigenvalue weighted by Gasteiger charge is -2.33. The third-order valence-corrected chi connectivity index (χ3v) is 5.57. The molecule has 1 aliphatic carbocycles. The summed E-state index contributed by atoms with van der Waals surface area (Å²) in [6.45, 7) is 0.766. The highest BCUT2D eigenvalue weighted by Crippen LogP contribution is 2.38. The number of likely N-dealkylation sites (tertiary alicyclic amines) is 1. The van der Waals surface area contributed by atoms with Crippen LogP contribution in [0.3, 0.4) is 0 Å². The number of carboxylic acid groups (broad SMARTS) is 1. The van der Waals surface area contributed by atoms with E-state index in [1.807, 2.05) is 10.3 Å². The lowest BCUT2D eigenvalue weighted by molar-refractivity contribution is -0.152. The summed E-state index contributed by atoms with van der Waals surface area (Å²) in [7, 11) is 0. The van der Waals surface area contributed by atoms with Crippen LogP contribution in [0.1, 0.15) is 50.1 Å². The van der Waals surface area contributed by atoms with Crippen molar-refractivity contribution in [3.8, 4) is 0 Å². The molecule has 114 valence electrons. The number of carbonyl (C=O) groups excluding carboxylic acids is 1. The second-order valence-corrected chi connectivity index (χ2v) is 6.86. The van der Waals surface area contributed by atoms with E-state index in [2.05, 4.69) is 11.4 Å². The van der Waals surface area contributed by atoms with Gasteiger partial charge in [0.25, 0.3) is 0 Å². The molecular formula is C16H21NO3S. The van der Waals surface area contributed by atoms with E-state index in [4.69, 9.17) is 0 Å². The van der Waals surface area contributed by atoms with Gasteiger partial charge in [0.15, 0.2) is 0 Å². The van der Waals surface area contributed by atoms with Crippen LogP contribution in [0.5, 0.6) is 0 Å². The summed E-state index contributed by atoms with van der Waals surface area (Å²) in [6, 6.07) is 2.23. The fraction of sp³-hybridized carbons (Fsp3) is 0.625. The Bertz CT molecular complexity index is 514. The van der Waals surface area contributed by atoms with Gasteiger partial charge in [0.1, 0.15) is 0 Å². The number of aliphatic carboxylic acids is 1. The van der Waals surface area contributed by atoms with Gasteiger partial charge in [-0.15, -0.1) is 0 Å². The van der Waals surface area contributed by atoms with Crippen molar-refractivity contribution >= 4 is 23.2 Å². The van der Waals surface area contributed by atoms with E-state index in [9.17, 15) is 14.7 Å². The van der Waals surface area contributed by atoms with E-state index in [1.165, 1.54) is 5.56 Å². The van der Waals surface area contributed by atoms with Gasteiger partial charge in [-0.3, -0.25) is 9.59 Å². The van der Waals surface area contributed by atoms with Crippen LogP contribution in [0.4, 0.5) is 0 Å². The SMILES string of the molecule is O=C(O)C1CCCCC1C(=O)N1CCCC1c1ccsc1. The van der Waals surface area contributed by atoms with Gasteiger partial charge in [0.2, 0.25) is 5.91 Å². The van der Waals surface area contributed by atoms with Gasteiger partial charge in [-0.1, -0.05) is 12.8 Å². The monoisotopic (exact) mass is 307 g/mol. The zero-order valence-electron chi connectivity index (χ0n) is 12.0. The van der Waals surface area contributed by atoms with Gasteiger partial charge in [0, 0.05) is 6.54 Å². The number of rotatable bonds is 3. The Hall–Kier alpha value is -1.36. The maximum atomic E-state index is 12.9. The molecule has 0 aromatic carbocycles. The Balaban J connectivity index is 1.78. The van der Waals surface area contributed by atoms with E-state index in [1.54, 1.807) is 11.3 Å².